The number of esters is 1. The van der Waals surface area contributed by atoms with Crippen LogP contribution in [0.1, 0.15) is 15.9 Å². The van der Waals surface area contributed by atoms with Crippen LogP contribution in [-0.4, -0.2) is 80.6 Å². The molecular formula is C17H23N6O5+. The maximum absolute atomic E-state index is 12.5. The number of nitrogens with one attached hydrogen (secondary N) is 2. The maximum Gasteiger partial charge on any atom is 0.346 e. The van der Waals surface area contributed by atoms with Gasteiger partial charge in [0.25, 0.3) is 5.79 Å². The molecule has 0 unspecified atom stereocenters. The summed E-state index contributed by atoms with van der Waals surface area (Å²) in [7, 11) is 0. The quantitative estimate of drug-likeness (QED) is 0.156. The fourth-order valence-electron chi connectivity index (χ4n) is 4.13. The largest absolute Gasteiger partial charge is 0.449 e. The van der Waals surface area contributed by atoms with Crippen LogP contribution in [-0.2, 0) is 4.74 Å². The highest BCUT2D eigenvalue weighted by Crippen LogP contribution is 2.42. The molecule has 1 spiro atoms. The van der Waals surface area contributed by atoms with Gasteiger partial charge in [-0.2, -0.15) is 0 Å². The van der Waals surface area contributed by atoms with Crippen LogP contribution in [0.4, 0.5) is 0 Å². The first-order chi connectivity index (χ1) is 13.2. The van der Waals surface area contributed by atoms with Crippen molar-refractivity contribution >= 4 is 17.9 Å². The molecule has 4 rings (SSSR count). The van der Waals surface area contributed by atoms with Gasteiger partial charge in [-0.25, -0.2) is 14.4 Å². The van der Waals surface area contributed by atoms with Crippen LogP contribution in [0.25, 0.3) is 0 Å². The Bertz CT molecular complexity index is 883. The predicted molar refractivity (Wildman–Crippen MR) is 97.2 cm³/mol. The van der Waals surface area contributed by atoms with E-state index in [-0.39, 0.29) is 30.6 Å². The molecule has 1 saturated heterocycles. The fraction of sp³-hybridized carbons (Fsp3) is 0.471. The summed E-state index contributed by atoms with van der Waals surface area (Å²) in [6.45, 7) is 1.40. The Hall–Kier alpha value is -2.89. The zero-order chi connectivity index (χ0) is 20.3. The smallest absolute Gasteiger partial charge is 0.346 e. The van der Waals surface area contributed by atoms with Crippen molar-refractivity contribution < 1.29 is 29.4 Å². The molecular weight excluding hydrogens is 368 g/mol. The Kier molecular flexibility index (Phi) is 4.00. The van der Waals surface area contributed by atoms with Gasteiger partial charge >= 0.3 is 11.9 Å². The number of guanidine groups is 2. The Balaban J connectivity index is 1.69. The van der Waals surface area contributed by atoms with E-state index in [0.717, 1.165) is 5.56 Å². The molecule has 3 aliphatic rings. The number of nitrogens with zero attached hydrogens (tertiary/aromatic N) is 2. The van der Waals surface area contributed by atoms with E-state index < -0.39 is 35.6 Å². The molecule has 0 aromatic heterocycles. The van der Waals surface area contributed by atoms with E-state index in [2.05, 4.69) is 15.6 Å². The SMILES string of the molecule is Cc1ccc(C(=O)O[C@H]2C[N+]3=C(N)N[C@@H](CO)[C@@H]4N=C(N)N[C@@]43C2(O)O)cc1. The highest BCUT2D eigenvalue weighted by molar-refractivity contribution is 5.89. The highest BCUT2D eigenvalue weighted by atomic mass is 16.6. The summed E-state index contributed by atoms with van der Waals surface area (Å²) < 4.78 is 6.85. The van der Waals surface area contributed by atoms with E-state index in [1.165, 1.54) is 4.58 Å². The minimum Gasteiger partial charge on any atom is -0.449 e. The monoisotopic (exact) mass is 391 g/mol. The minimum atomic E-state index is -2.59. The number of ether oxygens (including phenoxy) is 1. The zero-order valence-electron chi connectivity index (χ0n) is 15.2. The normalized spacial score (nSPS) is 32.7. The summed E-state index contributed by atoms with van der Waals surface area (Å²) in [5.41, 5.74) is 11.4. The number of nitrogens with two attached hydrogens (primary N) is 2. The average Bonchev–Trinajstić information content (AvgIpc) is 3.11. The van der Waals surface area contributed by atoms with Crippen LogP contribution >= 0.6 is 0 Å². The molecule has 1 aromatic rings. The number of hydrogen-bond donors (Lipinski definition) is 7. The third-order valence-corrected chi connectivity index (χ3v) is 5.55. The first kappa shape index (κ1) is 18.5. The van der Waals surface area contributed by atoms with Crippen LogP contribution in [0.2, 0.25) is 0 Å². The summed E-state index contributed by atoms with van der Waals surface area (Å²) in [4.78, 5) is 16.7. The summed E-state index contributed by atoms with van der Waals surface area (Å²) in [5.74, 6) is -3.26. The van der Waals surface area contributed by atoms with Crippen LogP contribution < -0.4 is 22.1 Å². The van der Waals surface area contributed by atoms with Gasteiger partial charge in [0, 0.05) is 0 Å². The predicted octanol–water partition coefficient (Wildman–Crippen LogP) is -3.51. The van der Waals surface area contributed by atoms with Gasteiger partial charge in [0.1, 0.15) is 12.6 Å². The summed E-state index contributed by atoms with van der Waals surface area (Å²) in [6.07, 6.45) is -1.35. The second kappa shape index (κ2) is 6.06. The second-order valence-electron chi connectivity index (χ2n) is 7.27. The second-order valence-corrected chi connectivity index (χ2v) is 7.27. The molecule has 3 aliphatic heterocycles. The van der Waals surface area contributed by atoms with Crippen molar-refractivity contribution in [3.63, 3.8) is 0 Å². The average molecular weight is 391 g/mol. The van der Waals surface area contributed by atoms with E-state index in [9.17, 15) is 20.1 Å². The number of aryl methyl sites for hydroxylation is 1. The standard InChI is InChI=1S/C17H22N6O5/c1-8-2-4-9(5-3-8)13(25)28-11-6-23-15(19)20-10(7-24)12-16(23,17(11,26)27)22-14(18)21-12/h2-5,10-12,24,26-27H,6-7H2,1H3,(H5,18,19,20,21,22)/p+1/t10-,11-,12-,16-/m0/s1. The molecule has 11 nitrogen and oxygen atoms in total. The molecule has 1 fully saturated rings. The molecule has 0 radical (unpaired) electrons. The number of aliphatic hydroxyl groups excluding tert-OH is 1. The number of aliphatic hydroxyl groups is 3. The molecule has 1 aromatic carbocycles. The molecule has 150 valence electrons. The van der Waals surface area contributed by atoms with E-state index >= 15 is 0 Å². The lowest BCUT2D eigenvalue weighted by molar-refractivity contribution is -0.623. The lowest BCUT2D eigenvalue weighted by Gasteiger charge is -2.42. The van der Waals surface area contributed by atoms with Crippen molar-refractivity contribution in [2.45, 2.75) is 36.6 Å². The molecule has 0 bridgehead atoms. The number of carbonyl (C=O) groups excluding carboxylic acids is 1. The topological polar surface area (TPSA) is 178 Å². The van der Waals surface area contributed by atoms with E-state index in [1.54, 1.807) is 24.3 Å². The Morgan fingerprint density at radius 1 is 1.36 bits per heavy atom. The van der Waals surface area contributed by atoms with Crippen molar-refractivity contribution in [2.24, 2.45) is 16.5 Å². The van der Waals surface area contributed by atoms with Crippen LogP contribution in [0.5, 0.6) is 0 Å². The molecule has 0 amide bonds. The lowest BCUT2D eigenvalue weighted by atomic mass is 9.86. The van der Waals surface area contributed by atoms with Crippen LogP contribution in [0.15, 0.2) is 29.3 Å². The zero-order valence-corrected chi connectivity index (χ0v) is 15.2. The lowest BCUT2D eigenvalue weighted by Crippen LogP contribution is -2.78. The number of aliphatic imine (C=N–C) groups is 1. The van der Waals surface area contributed by atoms with Gasteiger partial charge in [0.2, 0.25) is 5.66 Å². The maximum atomic E-state index is 12.5. The molecule has 9 N–H and O–H groups in total. The van der Waals surface area contributed by atoms with Gasteiger partial charge in [-0.05, 0) is 19.1 Å². The fourth-order valence-corrected chi connectivity index (χ4v) is 4.13. The number of hydrogen-bond acceptors (Lipinski definition) is 10. The molecule has 0 saturated carbocycles. The van der Waals surface area contributed by atoms with E-state index in [0.29, 0.717) is 0 Å². The van der Waals surface area contributed by atoms with Crippen molar-refractivity contribution in [2.75, 3.05) is 13.2 Å². The highest BCUT2D eigenvalue weighted by Gasteiger charge is 2.76. The van der Waals surface area contributed by atoms with Crippen LogP contribution in [0.3, 0.4) is 0 Å². The van der Waals surface area contributed by atoms with Gasteiger partial charge in [-0.1, -0.05) is 17.7 Å². The summed E-state index contributed by atoms with van der Waals surface area (Å²) in [5, 5.41) is 37.5. The van der Waals surface area contributed by atoms with Crippen LogP contribution in [0, 0.1) is 6.92 Å². The first-order valence-corrected chi connectivity index (χ1v) is 8.82. The Labute approximate surface area is 160 Å². The summed E-state index contributed by atoms with van der Waals surface area (Å²) in [6, 6.07) is 5.09. The Morgan fingerprint density at radius 2 is 2.04 bits per heavy atom. The van der Waals surface area contributed by atoms with Crippen molar-refractivity contribution in [1.82, 2.24) is 10.6 Å². The van der Waals surface area contributed by atoms with Crippen molar-refractivity contribution in [1.29, 1.82) is 0 Å². The van der Waals surface area contributed by atoms with Gasteiger partial charge in [0.05, 0.1) is 12.2 Å². The number of carbonyl (C=O) groups is 1. The molecule has 0 aliphatic carbocycles. The third-order valence-electron chi connectivity index (χ3n) is 5.55. The van der Waals surface area contributed by atoms with E-state index in [1.807, 2.05) is 6.92 Å². The van der Waals surface area contributed by atoms with Gasteiger partial charge in [-0.3, -0.25) is 11.1 Å². The minimum absolute atomic E-state index is 0.0389. The number of rotatable bonds is 3. The molecule has 3 heterocycles. The van der Waals surface area contributed by atoms with Crippen molar-refractivity contribution in [3.05, 3.63) is 35.4 Å². The summed E-state index contributed by atoms with van der Waals surface area (Å²) >= 11 is 0. The Morgan fingerprint density at radius 3 is 2.68 bits per heavy atom. The van der Waals surface area contributed by atoms with Gasteiger partial charge < -0.3 is 31.1 Å². The van der Waals surface area contributed by atoms with E-state index in [4.69, 9.17) is 16.2 Å². The van der Waals surface area contributed by atoms with Gasteiger partial charge in [-0.15, -0.1) is 0 Å². The first-order valence-electron chi connectivity index (χ1n) is 8.82. The van der Waals surface area contributed by atoms with Gasteiger partial charge in [0.15, 0.2) is 18.1 Å². The number of benzene rings is 1. The molecule has 28 heavy (non-hydrogen) atoms. The third kappa shape index (κ3) is 2.37. The van der Waals surface area contributed by atoms with Crippen molar-refractivity contribution in [3.8, 4) is 0 Å². The molecule has 4 atom stereocenters. The molecule has 11 heteroatoms.